The number of carbonyl (C=O) groups excluding carboxylic acids is 1. The zero-order valence-electron chi connectivity index (χ0n) is 14.8. The highest BCUT2D eigenvalue weighted by atomic mass is 35.5. The Labute approximate surface area is 154 Å². The summed E-state index contributed by atoms with van der Waals surface area (Å²) in [4.78, 5) is 21.1. The molecule has 3 heterocycles. The molecule has 0 bridgehead atoms. The number of amides is 1. The van der Waals surface area contributed by atoms with Crippen LogP contribution in [0.15, 0.2) is 12.3 Å². The Morgan fingerprint density at radius 3 is 2.88 bits per heavy atom. The summed E-state index contributed by atoms with van der Waals surface area (Å²) in [6.07, 6.45) is 5.49. The number of hydrogen-bond acceptors (Lipinski definition) is 5. The number of nitrogens with zero attached hydrogens (tertiary/aromatic N) is 3. The molecule has 3 rings (SSSR count). The molecule has 0 saturated carbocycles. The topological polar surface area (TPSA) is 57.7 Å². The third-order valence-electron chi connectivity index (χ3n) is 5.02. The van der Waals surface area contributed by atoms with Crippen LogP contribution in [-0.2, 0) is 4.74 Å². The number of ether oxygens (including phenoxy) is 1. The lowest BCUT2D eigenvalue weighted by Crippen LogP contribution is -2.40. The van der Waals surface area contributed by atoms with Crippen LogP contribution in [0, 0.1) is 0 Å². The maximum atomic E-state index is 12.5. The summed E-state index contributed by atoms with van der Waals surface area (Å²) in [5.74, 6) is 0.608. The number of pyridine rings is 1. The maximum Gasteiger partial charge on any atom is 0.255 e. The van der Waals surface area contributed by atoms with E-state index in [4.69, 9.17) is 16.3 Å². The number of nitrogens with one attached hydrogen (secondary N) is 1. The molecule has 1 N–H and O–H groups in total. The van der Waals surface area contributed by atoms with Gasteiger partial charge in [0, 0.05) is 38.4 Å². The van der Waals surface area contributed by atoms with Crippen molar-refractivity contribution in [1.29, 1.82) is 0 Å². The second kappa shape index (κ2) is 8.83. The SMILES string of the molecule is CC1CCCCN1CCNc1ncc(C(=O)N2CCOCC2)cc1Cl. The van der Waals surface area contributed by atoms with Gasteiger partial charge in [-0.25, -0.2) is 4.98 Å². The minimum absolute atomic E-state index is 0.0357. The number of anilines is 1. The van der Waals surface area contributed by atoms with Gasteiger partial charge in [-0.15, -0.1) is 0 Å². The van der Waals surface area contributed by atoms with E-state index in [1.165, 1.54) is 19.3 Å². The van der Waals surface area contributed by atoms with E-state index in [1.807, 2.05) is 0 Å². The van der Waals surface area contributed by atoms with Gasteiger partial charge in [0.15, 0.2) is 0 Å². The Hall–Kier alpha value is -1.37. The van der Waals surface area contributed by atoms with Crippen LogP contribution in [-0.4, -0.2) is 72.7 Å². The zero-order valence-corrected chi connectivity index (χ0v) is 15.6. The van der Waals surface area contributed by atoms with Crippen LogP contribution in [0.3, 0.4) is 0 Å². The third kappa shape index (κ3) is 4.84. The molecule has 1 atom stereocenters. The highest BCUT2D eigenvalue weighted by Gasteiger charge is 2.20. The van der Waals surface area contributed by atoms with Crippen molar-refractivity contribution < 1.29 is 9.53 Å². The zero-order chi connectivity index (χ0) is 17.6. The van der Waals surface area contributed by atoms with Crippen LogP contribution in [0.2, 0.25) is 5.02 Å². The van der Waals surface area contributed by atoms with Crippen molar-refractivity contribution in [3.63, 3.8) is 0 Å². The van der Waals surface area contributed by atoms with Crippen molar-refractivity contribution in [3.05, 3.63) is 22.8 Å². The summed E-state index contributed by atoms with van der Waals surface area (Å²) in [7, 11) is 0. The molecule has 0 radical (unpaired) electrons. The fraction of sp³-hybridized carbons (Fsp3) is 0.667. The minimum atomic E-state index is -0.0357. The van der Waals surface area contributed by atoms with E-state index in [0.29, 0.717) is 48.7 Å². The quantitative estimate of drug-likeness (QED) is 0.867. The molecule has 6 nitrogen and oxygen atoms in total. The fourth-order valence-electron chi connectivity index (χ4n) is 3.44. The molecule has 1 unspecified atom stereocenters. The number of likely N-dealkylation sites (tertiary alicyclic amines) is 1. The van der Waals surface area contributed by atoms with Gasteiger partial charge in [-0.3, -0.25) is 9.69 Å². The fourth-order valence-corrected chi connectivity index (χ4v) is 3.67. The molecule has 2 saturated heterocycles. The van der Waals surface area contributed by atoms with Gasteiger partial charge in [0.2, 0.25) is 0 Å². The lowest BCUT2D eigenvalue weighted by Gasteiger charge is -2.33. The second-order valence-corrected chi connectivity index (χ2v) is 7.17. The van der Waals surface area contributed by atoms with Crippen molar-refractivity contribution in [2.45, 2.75) is 32.2 Å². The van der Waals surface area contributed by atoms with Gasteiger partial charge in [0.1, 0.15) is 5.82 Å². The van der Waals surface area contributed by atoms with Gasteiger partial charge in [-0.2, -0.15) is 0 Å². The number of hydrogen-bond donors (Lipinski definition) is 1. The summed E-state index contributed by atoms with van der Waals surface area (Å²) in [6, 6.07) is 2.35. The highest BCUT2D eigenvalue weighted by Crippen LogP contribution is 2.21. The summed E-state index contributed by atoms with van der Waals surface area (Å²) < 4.78 is 5.28. The van der Waals surface area contributed by atoms with Crippen LogP contribution < -0.4 is 5.32 Å². The first kappa shape index (κ1) is 18.4. The molecule has 7 heteroatoms. The van der Waals surface area contributed by atoms with Crippen molar-refractivity contribution in [2.75, 3.05) is 51.3 Å². The molecule has 2 aliphatic heterocycles. The summed E-state index contributed by atoms with van der Waals surface area (Å²) in [5, 5.41) is 3.79. The van der Waals surface area contributed by atoms with Crippen molar-refractivity contribution in [1.82, 2.24) is 14.8 Å². The molecule has 2 fully saturated rings. The molecule has 2 aliphatic rings. The molecule has 1 aromatic rings. The van der Waals surface area contributed by atoms with E-state index in [9.17, 15) is 4.79 Å². The number of halogens is 1. The van der Waals surface area contributed by atoms with E-state index >= 15 is 0 Å². The Morgan fingerprint density at radius 2 is 2.16 bits per heavy atom. The second-order valence-electron chi connectivity index (χ2n) is 6.77. The Balaban J connectivity index is 1.53. The number of piperidine rings is 1. The molecule has 1 amide bonds. The van der Waals surface area contributed by atoms with E-state index in [2.05, 4.69) is 22.1 Å². The predicted octanol–water partition coefficient (Wildman–Crippen LogP) is 2.49. The van der Waals surface area contributed by atoms with E-state index in [1.54, 1.807) is 17.2 Å². The lowest BCUT2D eigenvalue weighted by atomic mass is 10.0. The first-order chi connectivity index (χ1) is 12.1. The Bertz CT molecular complexity index is 592. The molecule has 138 valence electrons. The minimum Gasteiger partial charge on any atom is -0.378 e. The highest BCUT2D eigenvalue weighted by molar-refractivity contribution is 6.33. The standard InChI is InChI=1S/C18H27ClN4O2/c1-14-4-2-3-6-22(14)7-5-20-17-16(19)12-15(13-21-17)18(24)23-8-10-25-11-9-23/h12-14H,2-11H2,1H3,(H,20,21). The summed E-state index contributed by atoms with van der Waals surface area (Å²) >= 11 is 6.33. The van der Waals surface area contributed by atoms with Crippen LogP contribution in [0.25, 0.3) is 0 Å². The predicted molar refractivity (Wildman–Crippen MR) is 99.3 cm³/mol. The van der Waals surface area contributed by atoms with E-state index in [0.717, 1.165) is 19.6 Å². The maximum absolute atomic E-state index is 12.5. The normalized spacial score (nSPS) is 22.0. The molecular weight excluding hydrogens is 340 g/mol. The molecule has 0 aromatic carbocycles. The van der Waals surface area contributed by atoms with Gasteiger partial charge < -0.3 is 15.0 Å². The Morgan fingerprint density at radius 1 is 1.36 bits per heavy atom. The average Bonchev–Trinajstić information content (AvgIpc) is 2.64. The molecular formula is C18H27ClN4O2. The third-order valence-corrected chi connectivity index (χ3v) is 5.31. The largest absolute Gasteiger partial charge is 0.378 e. The van der Waals surface area contributed by atoms with Crippen molar-refractivity contribution in [2.24, 2.45) is 0 Å². The van der Waals surface area contributed by atoms with E-state index in [-0.39, 0.29) is 5.91 Å². The number of aromatic nitrogens is 1. The summed E-state index contributed by atoms with van der Waals surface area (Å²) in [5.41, 5.74) is 0.530. The van der Waals surface area contributed by atoms with Crippen molar-refractivity contribution >= 4 is 23.3 Å². The van der Waals surface area contributed by atoms with Crippen LogP contribution in [0.1, 0.15) is 36.5 Å². The molecule has 1 aromatic heterocycles. The summed E-state index contributed by atoms with van der Waals surface area (Å²) in [6.45, 7) is 7.63. The molecule has 0 spiro atoms. The molecule has 25 heavy (non-hydrogen) atoms. The van der Waals surface area contributed by atoms with Crippen LogP contribution >= 0.6 is 11.6 Å². The lowest BCUT2D eigenvalue weighted by molar-refractivity contribution is 0.0302. The van der Waals surface area contributed by atoms with Gasteiger partial charge in [-0.05, 0) is 32.4 Å². The first-order valence-electron chi connectivity index (χ1n) is 9.15. The first-order valence-corrected chi connectivity index (χ1v) is 9.53. The van der Waals surface area contributed by atoms with E-state index < -0.39 is 0 Å². The van der Waals surface area contributed by atoms with Crippen LogP contribution in [0.5, 0.6) is 0 Å². The number of morpholine rings is 1. The smallest absolute Gasteiger partial charge is 0.255 e. The monoisotopic (exact) mass is 366 g/mol. The van der Waals surface area contributed by atoms with Gasteiger partial charge in [-0.1, -0.05) is 18.0 Å². The van der Waals surface area contributed by atoms with Gasteiger partial charge in [0.05, 0.1) is 23.8 Å². The number of rotatable bonds is 5. The average molecular weight is 367 g/mol. The number of carbonyl (C=O) groups is 1. The molecule has 0 aliphatic carbocycles. The van der Waals surface area contributed by atoms with Crippen molar-refractivity contribution in [3.8, 4) is 0 Å². The van der Waals surface area contributed by atoms with Gasteiger partial charge in [0.25, 0.3) is 5.91 Å². The van der Waals surface area contributed by atoms with Gasteiger partial charge >= 0.3 is 0 Å². The Kier molecular flexibility index (Phi) is 6.51. The van der Waals surface area contributed by atoms with Crippen LogP contribution in [0.4, 0.5) is 5.82 Å².